The number of ether oxygens (including phenoxy) is 3. The molecule has 204 valence electrons. The predicted molar refractivity (Wildman–Crippen MR) is 150 cm³/mol. The Morgan fingerprint density at radius 2 is 1.82 bits per heavy atom. The summed E-state index contributed by atoms with van der Waals surface area (Å²) < 4.78 is 46.9. The van der Waals surface area contributed by atoms with Gasteiger partial charge in [-0.1, -0.05) is 51.1 Å². The van der Waals surface area contributed by atoms with Gasteiger partial charge in [-0.15, -0.1) is 11.3 Å². The van der Waals surface area contributed by atoms with Crippen LogP contribution in [0.3, 0.4) is 0 Å². The minimum absolute atomic E-state index is 0.172. The van der Waals surface area contributed by atoms with Crippen molar-refractivity contribution in [3.05, 3.63) is 81.0 Å². The molecule has 1 saturated heterocycles. The Labute approximate surface area is 230 Å². The summed E-state index contributed by atoms with van der Waals surface area (Å²) in [5.74, 6) is 0.274. The second kappa shape index (κ2) is 10.7. The van der Waals surface area contributed by atoms with E-state index in [9.17, 15) is 8.42 Å². The first kappa shape index (κ1) is 27.3. The SMILES string of the molecule is CC[C@@H]1CN(Cc2cc(C(c3ccc(C4(C)OCCO4)s3)C(C)C)ccc2C)S(=O)(=O)c2ccccc2O1. The number of fused-ring (bicyclic) bond motifs is 1. The van der Waals surface area contributed by atoms with Crippen LogP contribution in [-0.2, 0) is 31.8 Å². The molecule has 0 saturated carbocycles. The lowest BCUT2D eigenvalue weighted by Crippen LogP contribution is -2.36. The lowest BCUT2D eigenvalue weighted by molar-refractivity contribution is -0.146. The van der Waals surface area contributed by atoms with Crippen LogP contribution in [-0.4, -0.2) is 38.6 Å². The van der Waals surface area contributed by atoms with Crippen LogP contribution >= 0.6 is 11.3 Å². The zero-order valence-corrected chi connectivity index (χ0v) is 24.4. The Bertz CT molecular complexity index is 1390. The van der Waals surface area contributed by atoms with Crippen molar-refractivity contribution in [2.45, 2.75) is 70.3 Å². The predicted octanol–water partition coefficient (Wildman–Crippen LogP) is 6.43. The van der Waals surface area contributed by atoms with E-state index in [1.807, 2.05) is 19.9 Å². The molecular weight excluding hydrogens is 518 g/mol. The number of hydrogen-bond donors (Lipinski definition) is 0. The molecule has 0 bridgehead atoms. The standard InChI is InChI=1S/C30H37NO5S2/c1-6-24-19-31(38(32,33)27-10-8-7-9-25(27)36-24)18-23-17-22(12-11-21(23)4)29(20(2)3)26-13-14-28(37-26)30(5)34-15-16-35-30/h7-14,17,20,24,29H,6,15-16,18-19H2,1-5H3/t24-,29?/m1/s1. The molecule has 38 heavy (non-hydrogen) atoms. The smallest absolute Gasteiger partial charge is 0.247 e. The Morgan fingerprint density at radius 3 is 2.53 bits per heavy atom. The number of rotatable bonds is 7. The van der Waals surface area contributed by atoms with Gasteiger partial charge in [-0.2, -0.15) is 4.31 Å². The van der Waals surface area contributed by atoms with Crippen molar-refractivity contribution in [2.75, 3.05) is 19.8 Å². The van der Waals surface area contributed by atoms with Gasteiger partial charge in [0.05, 0.1) is 24.6 Å². The van der Waals surface area contributed by atoms with Crippen LogP contribution in [0.1, 0.15) is 66.5 Å². The van der Waals surface area contributed by atoms with Gasteiger partial charge in [-0.25, -0.2) is 8.42 Å². The van der Waals surface area contributed by atoms with Crippen LogP contribution in [0.5, 0.6) is 5.75 Å². The highest BCUT2D eigenvalue weighted by Crippen LogP contribution is 2.42. The maximum Gasteiger partial charge on any atom is 0.247 e. The van der Waals surface area contributed by atoms with E-state index in [-0.39, 0.29) is 16.9 Å². The fourth-order valence-corrected chi connectivity index (χ4v) is 8.28. The minimum Gasteiger partial charge on any atom is -0.488 e. The van der Waals surface area contributed by atoms with E-state index < -0.39 is 15.8 Å². The van der Waals surface area contributed by atoms with Crippen molar-refractivity contribution < 1.29 is 22.6 Å². The first-order valence-electron chi connectivity index (χ1n) is 13.4. The van der Waals surface area contributed by atoms with Crippen LogP contribution in [0.15, 0.2) is 59.5 Å². The summed E-state index contributed by atoms with van der Waals surface area (Å²) in [5, 5.41) is 0. The Hall–Kier alpha value is -2.23. The third-order valence-corrected chi connectivity index (χ3v) is 10.8. The van der Waals surface area contributed by atoms with Crippen LogP contribution < -0.4 is 4.74 Å². The van der Waals surface area contributed by atoms with E-state index in [0.29, 0.717) is 38.0 Å². The number of benzene rings is 2. The third-order valence-electron chi connectivity index (χ3n) is 7.59. The van der Waals surface area contributed by atoms with Gasteiger partial charge < -0.3 is 14.2 Å². The van der Waals surface area contributed by atoms with Crippen LogP contribution in [0, 0.1) is 12.8 Å². The van der Waals surface area contributed by atoms with Crippen LogP contribution in [0.4, 0.5) is 0 Å². The molecule has 5 rings (SSSR count). The second-order valence-corrected chi connectivity index (χ2v) is 13.7. The lowest BCUT2D eigenvalue weighted by Gasteiger charge is -2.25. The quantitative estimate of drug-likeness (QED) is 0.336. The molecule has 1 aromatic heterocycles. The van der Waals surface area contributed by atoms with Gasteiger partial charge in [0, 0.05) is 17.3 Å². The van der Waals surface area contributed by atoms with E-state index in [1.54, 1.807) is 33.8 Å². The largest absolute Gasteiger partial charge is 0.488 e. The monoisotopic (exact) mass is 555 g/mol. The van der Waals surface area contributed by atoms with Gasteiger partial charge in [0.15, 0.2) is 0 Å². The highest BCUT2D eigenvalue weighted by atomic mass is 32.2. The van der Waals surface area contributed by atoms with Crippen molar-refractivity contribution in [3.8, 4) is 5.75 Å². The van der Waals surface area contributed by atoms with Gasteiger partial charge in [0.2, 0.25) is 15.8 Å². The highest BCUT2D eigenvalue weighted by molar-refractivity contribution is 7.89. The molecule has 3 heterocycles. The molecule has 0 N–H and O–H groups in total. The topological polar surface area (TPSA) is 65.1 Å². The summed E-state index contributed by atoms with van der Waals surface area (Å²) in [6.45, 7) is 12.3. The van der Waals surface area contributed by atoms with Crippen LogP contribution in [0.2, 0.25) is 0 Å². The Balaban J connectivity index is 1.48. The summed E-state index contributed by atoms with van der Waals surface area (Å²) in [6, 6.07) is 17.7. The normalized spacial score (nSPS) is 21.6. The maximum atomic E-state index is 13.7. The number of aryl methyl sites for hydroxylation is 1. The fraction of sp³-hybridized carbons (Fsp3) is 0.467. The molecule has 0 radical (unpaired) electrons. The van der Waals surface area contributed by atoms with Gasteiger partial charge in [-0.3, -0.25) is 0 Å². The molecule has 3 aromatic rings. The number of nitrogens with zero attached hydrogens (tertiary/aromatic N) is 1. The summed E-state index contributed by atoms with van der Waals surface area (Å²) in [4.78, 5) is 2.56. The molecule has 2 aliphatic heterocycles. The number of sulfonamides is 1. The Kier molecular flexibility index (Phi) is 7.73. The summed E-state index contributed by atoms with van der Waals surface area (Å²) >= 11 is 1.73. The molecule has 6 nitrogen and oxygen atoms in total. The zero-order chi connectivity index (χ0) is 27.1. The molecule has 1 fully saturated rings. The van der Waals surface area contributed by atoms with Crippen molar-refractivity contribution in [1.82, 2.24) is 4.31 Å². The molecule has 1 unspecified atom stereocenters. The minimum atomic E-state index is -3.71. The molecular formula is C30H37NO5S2. The zero-order valence-electron chi connectivity index (χ0n) is 22.8. The van der Waals surface area contributed by atoms with Crippen molar-refractivity contribution in [2.24, 2.45) is 5.92 Å². The molecule has 0 spiro atoms. The molecule has 0 amide bonds. The number of thiophene rings is 1. The second-order valence-electron chi connectivity index (χ2n) is 10.6. The molecule has 2 atom stereocenters. The summed E-state index contributed by atoms with van der Waals surface area (Å²) in [7, 11) is -3.71. The molecule has 0 aliphatic carbocycles. The number of hydrogen-bond acceptors (Lipinski definition) is 6. The van der Waals surface area contributed by atoms with Gasteiger partial charge in [0.25, 0.3) is 0 Å². The van der Waals surface area contributed by atoms with Crippen LogP contribution in [0.25, 0.3) is 0 Å². The van der Waals surface area contributed by atoms with Gasteiger partial charge in [0.1, 0.15) is 16.7 Å². The van der Waals surface area contributed by atoms with E-state index in [2.05, 4.69) is 51.1 Å². The first-order valence-corrected chi connectivity index (χ1v) is 15.6. The van der Waals surface area contributed by atoms with E-state index in [4.69, 9.17) is 14.2 Å². The average molecular weight is 556 g/mol. The molecule has 8 heteroatoms. The molecule has 2 aliphatic rings. The van der Waals surface area contributed by atoms with Crippen molar-refractivity contribution in [1.29, 1.82) is 0 Å². The van der Waals surface area contributed by atoms with Gasteiger partial charge >= 0.3 is 0 Å². The van der Waals surface area contributed by atoms with Gasteiger partial charge in [-0.05, 0) is 67.1 Å². The number of para-hydroxylation sites is 1. The first-order chi connectivity index (χ1) is 18.1. The summed E-state index contributed by atoms with van der Waals surface area (Å²) in [6.07, 6.45) is 0.522. The van der Waals surface area contributed by atoms with Crippen molar-refractivity contribution in [3.63, 3.8) is 0 Å². The Morgan fingerprint density at radius 1 is 1.08 bits per heavy atom. The highest BCUT2D eigenvalue weighted by Gasteiger charge is 2.36. The summed E-state index contributed by atoms with van der Waals surface area (Å²) in [5.41, 5.74) is 3.27. The van der Waals surface area contributed by atoms with E-state index in [0.717, 1.165) is 22.4 Å². The lowest BCUT2D eigenvalue weighted by atomic mass is 9.85. The molecule has 2 aromatic carbocycles. The van der Waals surface area contributed by atoms with E-state index in [1.165, 1.54) is 10.4 Å². The maximum absolute atomic E-state index is 13.7. The fourth-order valence-electron chi connectivity index (χ4n) is 5.35. The third kappa shape index (κ3) is 5.17. The van der Waals surface area contributed by atoms with Crippen molar-refractivity contribution >= 4 is 21.4 Å². The van der Waals surface area contributed by atoms with E-state index >= 15 is 0 Å². The average Bonchev–Trinajstić information content (AvgIpc) is 3.53.